The van der Waals surface area contributed by atoms with Crippen LogP contribution in [0.2, 0.25) is 0 Å². The average Bonchev–Trinajstić information content (AvgIpc) is 2.17. The van der Waals surface area contributed by atoms with Gasteiger partial charge in [-0.2, -0.15) is 8.42 Å². The molecule has 0 aliphatic carbocycles. The van der Waals surface area contributed by atoms with Gasteiger partial charge in [-0.15, -0.1) is 0 Å². The number of hydrogen-bond acceptors (Lipinski definition) is 4. The number of rotatable bonds is 5. The fourth-order valence-electron chi connectivity index (χ4n) is 1.19. The van der Waals surface area contributed by atoms with Crippen LogP contribution in [0.25, 0.3) is 0 Å². The van der Waals surface area contributed by atoms with Gasteiger partial charge in [0.05, 0.1) is 12.9 Å². The minimum absolute atomic E-state index is 0.391. The molecule has 0 unspecified atom stereocenters. The van der Waals surface area contributed by atoms with Crippen LogP contribution in [0.4, 0.5) is 0 Å². The monoisotopic (exact) mass is 244 g/mol. The Morgan fingerprint density at radius 3 is 2.38 bits per heavy atom. The molecule has 1 atom stereocenters. The van der Waals surface area contributed by atoms with Gasteiger partial charge in [-0.05, 0) is 5.56 Å². The minimum atomic E-state index is -3.62. The van der Waals surface area contributed by atoms with Crippen LogP contribution in [-0.2, 0) is 19.1 Å². The Morgan fingerprint density at radius 2 is 1.94 bits per heavy atom. The summed E-state index contributed by atoms with van der Waals surface area (Å²) in [6.07, 6.45) is 0.886. The van der Waals surface area contributed by atoms with Gasteiger partial charge in [0.15, 0.2) is 0 Å². The Kier molecular flexibility index (Phi) is 4.03. The zero-order valence-electron chi connectivity index (χ0n) is 8.66. The highest BCUT2D eigenvalue weighted by atomic mass is 32.2. The molecular weight excluding hydrogens is 232 g/mol. The summed E-state index contributed by atoms with van der Waals surface area (Å²) in [6.45, 7) is -0.391. The van der Waals surface area contributed by atoms with E-state index in [1.165, 1.54) is 0 Å². The van der Waals surface area contributed by atoms with Crippen LogP contribution in [0.15, 0.2) is 30.3 Å². The van der Waals surface area contributed by atoms with E-state index in [4.69, 9.17) is 5.11 Å². The molecule has 0 saturated heterocycles. The first-order valence-corrected chi connectivity index (χ1v) is 6.34. The van der Waals surface area contributed by atoms with Crippen LogP contribution in [0.1, 0.15) is 11.5 Å². The summed E-state index contributed by atoms with van der Waals surface area (Å²) < 4.78 is 26.0. The molecule has 1 rings (SSSR count). The third-order valence-electron chi connectivity index (χ3n) is 1.95. The molecule has 0 aliphatic heterocycles. The SMILES string of the molecule is CS(=O)(=O)OC[C@@H](C(=O)O)c1ccccc1. The Bertz CT molecular complexity index is 451. The summed E-state index contributed by atoms with van der Waals surface area (Å²) in [5.41, 5.74) is 0.513. The first-order valence-electron chi connectivity index (χ1n) is 4.52. The summed E-state index contributed by atoms with van der Waals surface area (Å²) in [4.78, 5) is 10.9. The lowest BCUT2D eigenvalue weighted by Gasteiger charge is -2.11. The van der Waals surface area contributed by atoms with E-state index < -0.39 is 28.6 Å². The lowest BCUT2D eigenvalue weighted by molar-refractivity contribution is -0.139. The quantitative estimate of drug-likeness (QED) is 0.776. The van der Waals surface area contributed by atoms with Gasteiger partial charge >= 0.3 is 5.97 Å². The third-order valence-corrected chi connectivity index (χ3v) is 2.51. The fraction of sp³-hybridized carbons (Fsp3) is 0.300. The first kappa shape index (κ1) is 12.7. The Balaban J connectivity index is 2.81. The normalized spacial score (nSPS) is 13.3. The zero-order valence-corrected chi connectivity index (χ0v) is 9.48. The summed E-state index contributed by atoms with van der Waals surface area (Å²) in [5, 5.41) is 8.95. The van der Waals surface area contributed by atoms with Crippen molar-refractivity contribution in [1.82, 2.24) is 0 Å². The number of hydrogen-bond donors (Lipinski definition) is 1. The van der Waals surface area contributed by atoms with Gasteiger partial charge < -0.3 is 5.11 Å². The predicted octanol–water partition coefficient (Wildman–Crippen LogP) is 0.831. The molecule has 0 heterocycles. The van der Waals surface area contributed by atoms with E-state index in [-0.39, 0.29) is 0 Å². The van der Waals surface area contributed by atoms with E-state index >= 15 is 0 Å². The van der Waals surface area contributed by atoms with E-state index in [1.54, 1.807) is 30.3 Å². The molecule has 0 aromatic heterocycles. The van der Waals surface area contributed by atoms with Crippen LogP contribution >= 0.6 is 0 Å². The molecule has 0 fully saturated rings. The van der Waals surface area contributed by atoms with Crippen LogP contribution < -0.4 is 0 Å². The van der Waals surface area contributed by atoms with Crippen LogP contribution in [0, 0.1) is 0 Å². The second kappa shape index (κ2) is 5.09. The van der Waals surface area contributed by atoms with E-state index in [1.807, 2.05) is 0 Å². The molecule has 0 radical (unpaired) electrons. The molecule has 6 heteroatoms. The molecule has 1 aromatic carbocycles. The van der Waals surface area contributed by atoms with Crippen molar-refractivity contribution in [2.45, 2.75) is 5.92 Å². The molecule has 0 amide bonds. The third kappa shape index (κ3) is 4.00. The topological polar surface area (TPSA) is 80.7 Å². The molecule has 5 nitrogen and oxygen atoms in total. The van der Waals surface area contributed by atoms with Crippen LogP contribution in [0.3, 0.4) is 0 Å². The molecular formula is C10H12O5S. The number of benzene rings is 1. The van der Waals surface area contributed by atoms with Crippen molar-refractivity contribution in [1.29, 1.82) is 0 Å². The summed E-state index contributed by atoms with van der Waals surface area (Å²) >= 11 is 0. The highest BCUT2D eigenvalue weighted by molar-refractivity contribution is 7.85. The number of carboxylic acid groups (broad SMARTS) is 1. The van der Waals surface area contributed by atoms with Gasteiger partial charge in [-0.1, -0.05) is 30.3 Å². The maximum absolute atomic E-state index is 10.9. The largest absolute Gasteiger partial charge is 0.481 e. The fourth-order valence-corrected chi connectivity index (χ4v) is 1.57. The molecule has 16 heavy (non-hydrogen) atoms. The highest BCUT2D eigenvalue weighted by Crippen LogP contribution is 2.16. The van der Waals surface area contributed by atoms with E-state index in [0.717, 1.165) is 6.26 Å². The van der Waals surface area contributed by atoms with E-state index in [2.05, 4.69) is 4.18 Å². The van der Waals surface area contributed by atoms with Crippen molar-refractivity contribution in [2.75, 3.05) is 12.9 Å². The molecule has 0 spiro atoms. The minimum Gasteiger partial charge on any atom is -0.481 e. The van der Waals surface area contributed by atoms with Crippen molar-refractivity contribution >= 4 is 16.1 Å². The first-order chi connectivity index (χ1) is 7.40. The Morgan fingerprint density at radius 1 is 1.38 bits per heavy atom. The Labute approximate surface area is 93.8 Å². The van der Waals surface area contributed by atoms with E-state index in [9.17, 15) is 13.2 Å². The molecule has 1 aromatic rings. The number of aliphatic carboxylic acids is 1. The van der Waals surface area contributed by atoms with Gasteiger partial charge in [0.25, 0.3) is 10.1 Å². The van der Waals surface area contributed by atoms with Gasteiger partial charge in [-0.25, -0.2) is 0 Å². The second-order valence-corrected chi connectivity index (χ2v) is 4.93. The molecule has 0 aliphatic rings. The van der Waals surface area contributed by atoms with Gasteiger partial charge in [0, 0.05) is 0 Å². The number of carbonyl (C=O) groups is 1. The zero-order chi connectivity index (χ0) is 12.2. The van der Waals surface area contributed by atoms with Crippen LogP contribution in [-0.4, -0.2) is 32.4 Å². The molecule has 1 N–H and O–H groups in total. The molecule has 88 valence electrons. The van der Waals surface area contributed by atoms with E-state index in [0.29, 0.717) is 5.56 Å². The number of carboxylic acids is 1. The highest BCUT2D eigenvalue weighted by Gasteiger charge is 2.21. The lowest BCUT2D eigenvalue weighted by Crippen LogP contribution is -2.19. The average molecular weight is 244 g/mol. The standard InChI is InChI=1S/C10H12O5S/c1-16(13,14)15-7-9(10(11)12)8-5-3-2-4-6-8/h2-6,9H,7H2,1H3,(H,11,12)/t9-/m1/s1. The van der Waals surface area contributed by atoms with Crippen LogP contribution in [0.5, 0.6) is 0 Å². The van der Waals surface area contributed by atoms with Crippen molar-refractivity contribution in [3.63, 3.8) is 0 Å². The van der Waals surface area contributed by atoms with Crippen molar-refractivity contribution in [3.8, 4) is 0 Å². The Hall–Kier alpha value is -1.40. The smallest absolute Gasteiger partial charge is 0.313 e. The predicted molar refractivity (Wildman–Crippen MR) is 57.6 cm³/mol. The molecule has 0 bridgehead atoms. The van der Waals surface area contributed by atoms with Crippen molar-refractivity contribution < 1.29 is 22.5 Å². The van der Waals surface area contributed by atoms with Gasteiger partial charge in [0.1, 0.15) is 5.92 Å². The maximum Gasteiger partial charge on any atom is 0.313 e. The summed E-state index contributed by atoms with van der Waals surface area (Å²) in [5.74, 6) is -2.09. The summed E-state index contributed by atoms with van der Waals surface area (Å²) in [6, 6.07) is 8.35. The van der Waals surface area contributed by atoms with Crippen molar-refractivity contribution in [3.05, 3.63) is 35.9 Å². The van der Waals surface area contributed by atoms with Gasteiger partial charge in [-0.3, -0.25) is 8.98 Å². The summed E-state index contributed by atoms with van der Waals surface area (Å²) in [7, 11) is -3.62. The second-order valence-electron chi connectivity index (χ2n) is 3.29. The lowest BCUT2D eigenvalue weighted by atomic mass is 10.0. The molecule has 0 saturated carbocycles. The van der Waals surface area contributed by atoms with Crippen molar-refractivity contribution in [2.24, 2.45) is 0 Å². The van der Waals surface area contributed by atoms with Gasteiger partial charge in [0.2, 0.25) is 0 Å². The maximum atomic E-state index is 10.9.